The van der Waals surface area contributed by atoms with E-state index in [9.17, 15) is 9.18 Å². The molecule has 2 fully saturated rings. The van der Waals surface area contributed by atoms with Gasteiger partial charge in [0.05, 0.1) is 0 Å². The normalized spacial score (nSPS) is 21.5. The van der Waals surface area contributed by atoms with Crippen LogP contribution < -0.4 is 4.74 Å². The molecule has 1 aliphatic carbocycles. The summed E-state index contributed by atoms with van der Waals surface area (Å²) in [5.41, 5.74) is 2.19. The minimum Gasteiger partial charge on any atom is -0.492 e. The van der Waals surface area contributed by atoms with Crippen LogP contribution in [0.5, 0.6) is 5.75 Å². The van der Waals surface area contributed by atoms with Crippen LogP contribution in [0.3, 0.4) is 0 Å². The summed E-state index contributed by atoms with van der Waals surface area (Å²) in [6, 6.07) is 15.5. The molecule has 2 aromatic rings. The molecule has 2 heterocycles. The molecule has 0 radical (unpaired) electrons. The van der Waals surface area contributed by atoms with Crippen LogP contribution in [0.2, 0.25) is 0 Å². The number of piperidine rings is 1. The molecular weight excluding hydrogens is 439 g/mol. The molecule has 0 N–H and O–H groups in total. The van der Waals surface area contributed by atoms with Gasteiger partial charge in [-0.15, -0.1) is 0 Å². The van der Waals surface area contributed by atoms with Gasteiger partial charge in [-0.05, 0) is 74.0 Å². The zero-order valence-electron chi connectivity index (χ0n) is 20.9. The highest BCUT2D eigenvalue weighted by molar-refractivity contribution is 5.76. The lowest BCUT2D eigenvalue weighted by Crippen LogP contribution is -2.48. The summed E-state index contributed by atoms with van der Waals surface area (Å²) in [4.78, 5) is 17.2. The number of fused-ring (bicyclic) bond motifs is 1. The topological polar surface area (TPSA) is 32.8 Å². The van der Waals surface area contributed by atoms with Gasteiger partial charge in [-0.3, -0.25) is 9.69 Å². The van der Waals surface area contributed by atoms with E-state index in [2.05, 4.69) is 28.0 Å². The quantitative estimate of drug-likeness (QED) is 0.553. The SMILES string of the molecule is O=C(CC1CC1)N1CCC2(CCCCc3ccccc3OCCN(Cc3ccccc3F)C2)CC1. The van der Waals surface area contributed by atoms with Gasteiger partial charge >= 0.3 is 0 Å². The highest BCUT2D eigenvalue weighted by Gasteiger charge is 2.38. The van der Waals surface area contributed by atoms with Crippen molar-refractivity contribution >= 4 is 5.91 Å². The van der Waals surface area contributed by atoms with Crippen LogP contribution >= 0.6 is 0 Å². The van der Waals surface area contributed by atoms with Crippen LogP contribution in [0.15, 0.2) is 48.5 Å². The number of carbonyl (C=O) groups is 1. The van der Waals surface area contributed by atoms with E-state index in [0.29, 0.717) is 25.0 Å². The van der Waals surface area contributed by atoms with Gasteiger partial charge in [-0.2, -0.15) is 0 Å². The molecule has 5 rings (SSSR count). The van der Waals surface area contributed by atoms with E-state index in [1.54, 1.807) is 12.1 Å². The second kappa shape index (κ2) is 11.1. The van der Waals surface area contributed by atoms with Gasteiger partial charge < -0.3 is 9.64 Å². The number of hydrogen-bond acceptors (Lipinski definition) is 3. The summed E-state index contributed by atoms with van der Waals surface area (Å²) >= 11 is 0. The van der Waals surface area contributed by atoms with Crippen molar-refractivity contribution in [1.82, 2.24) is 9.80 Å². The minimum absolute atomic E-state index is 0.139. The predicted molar refractivity (Wildman–Crippen MR) is 137 cm³/mol. The molecule has 0 atom stereocenters. The molecule has 3 aliphatic rings. The standard InChI is InChI=1S/C30H39FN2O2/c31-27-10-3-1-9-26(27)22-32-19-20-35-28-11-4-2-7-25(28)8-5-6-14-30(23-32)15-17-33(18-16-30)29(34)21-24-12-13-24/h1-4,7,9-11,24H,5-6,8,12-23H2. The number of ether oxygens (including phenoxy) is 1. The Morgan fingerprint density at radius 1 is 0.971 bits per heavy atom. The van der Waals surface area contributed by atoms with Crippen LogP contribution in [0.4, 0.5) is 4.39 Å². The van der Waals surface area contributed by atoms with E-state index in [4.69, 9.17) is 4.74 Å². The van der Waals surface area contributed by atoms with Crippen LogP contribution in [-0.2, 0) is 17.8 Å². The fraction of sp³-hybridized carbons (Fsp3) is 0.567. The summed E-state index contributed by atoms with van der Waals surface area (Å²) in [6.07, 6.45) is 9.76. The Kier molecular flexibility index (Phi) is 7.72. The first-order valence-electron chi connectivity index (χ1n) is 13.5. The molecular formula is C30H39FN2O2. The Hall–Kier alpha value is -2.40. The summed E-state index contributed by atoms with van der Waals surface area (Å²) < 4.78 is 20.8. The molecule has 2 aliphatic heterocycles. The van der Waals surface area contributed by atoms with Crippen molar-refractivity contribution in [2.45, 2.75) is 64.3 Å². The molecule has 0 bridgehead atoms. The minimum atomic E-state index is -0.139. The maximum absolute atomic E-state index is 14.6. The fourth-order valence-corrected chi connectivity index (χ4v) is 5.92. The lowest BCUT2D eigenvalue weighted by molar-refractivity contribution is -0.134. The maximum atomic E-state index is 14.6. The number of aryl methyl sites for hydroxylation is 1. The maximum Gasteiger partial charge on any atom is 0.222 e. The Morgan fingerprint density at radius 3 is 2.54 bits per heavy atom. The summed E-state index contributed by atoms with van der Waals surface area (Å²) in [6.45, 7) is 4.58. The molecule has 5 heteroatoms. The largest absolute Gasteiger partial charge is 0.492 e. The first-order valence-corrected chi connectivity index (χ1v) is 13.5. The molecule has 1 saturated heterocycles. The van der Waals surface area contributed by atoms with E-state index in [0.717, 1.165) is 82.4 Å². The van der Waals surface area contributed by atoms with Crippen molar-refractivity contribution in [2.24, 2.45) is 11.3 Å². The Bertz CT molecular complexity index is 997. The van der Waals surface area contributed by atoms with Crippen molar-refractivity contribution < 1.29 is 13.9 Å². The Morgan fingerprint density at radius 2 is 1.74 bits per heavy atom. The van der Waals surface area contributed by atoms with Gasteiger partial charge in [0.2, 0.25) is 5.91 Å². The van der Waals surface area contributed by atoms with Crippen molar-refractivity contribution in [2.75, 3.05) is 32.8 Å². The summed E-state index contributed by atoms with van der Waals surface area (Å²) in [7, 11) is 0. The summed E-state index contributed by atoms with van der Waals surface area (Å²) in [5.74, 6) is 1.83. The average molecular weight is 479 g/mol. The third-order valence-electron chi connectivity index (χ3n) is 8.29. The fourth-order valence-electron chi connectivity index (χ4n) is 5.92. The van der Waals surface area contributed by atoms with Gasteiger partial charge in [-0.25, -0.2) is 4.39 Å². The van der Waals surface area contributed by atoms with Gasteiger partial charge in [0.15, 0.2) is 0 Å². The molecule has 0 aromatic heterocycles. The number of carbonyl (C=O) groups excluding carboxylic acids is 1. The molecule has 1 saturated carbocycles. The molecule has 4 nitrogen and oxygen atoms in total. The van der Waals surface area contributed by atoms with E-state index >= 15 is 0 Å². The predicted octanol–water partition coefficient (Wildman–Crippen LogP) is 5.84. The highest BCUT2D eigenvalue weighted by Crippen LogP contribution is 2.40. The lowest BCUT2D eigenvalue weighted by atomic mass is 9.73. The Labute approximate surface area is 209 Å². The van der Waals surface area contributed by atoms with E-state index in [1.165, 1.54) is 18.4 Å². The number of nitrogens with zero attached hydrogens (tertiary/aromatic N) is 2. The number of rotatable bonds is 4. The molecule has 35 heavy (non-hydrogen) atoms. The molecule has 188 valence electrons. The zero-order valence-corrected chi connectivity index (χ0v) is 20.9. The third-order valence-corrected chi connectivity index (χ3v) is 8.29. The molecule has 1 spiro atoms. The number of halogens is 1. The first kappa shape index (κ1) is 24.3. The molecule has 1 amide bonds. The number of hydrogen-bond donors (Lipinski definition) is 0. The highest BCUT2D eigenvalue weighted by atomic mass is 19.1. The van der Waals surface area contributed by atoms with Crippen LogP contribution in [-0.4, -0.2) is 48.5 Å². The van der Waals surface area contributed by atoms with Crippen molar-refractivity contribution in [3.8, 4) is 5.75 Å². The van der Waals surface area contributed by atoms with E-state index < -0.39 is 0 Å². The van der Waals surface area contributed by atoms with E-state index in [1.807, 2.05) is 18.2 Å². The van der Waals surface area contributed by atoms with Gasteiger partial charge in [0.25, 0.3) is 0 Å². The van der Waals surface area contributed by atoms with Crippen LogP contribution in [0.1, 0.15) is 62.5 Å². The monoisotopic (exact) mass is 478 g/mol. The number of likely N-dealkylation sites (tertiary alicyclic amines) is 1. The van der Waals surface area contributed by atoms with Crippen LogP contribution in [0, 0.1) is 17.2 Å². The molecule has 2 aromatic carbocycles. The van der Waals surface area contributed by atoms with Crippen molar-refractivity contribution in [3.05, 3.63) is 65.5 Å². The first-order chi connectivity index (χ1) is 17.1. The van der Waals surface area contributed by atoms with Gasteiger partial charge in [0, 0.05) is 44.7 Å². The van der Waals surface area contributed by atoms with Gasteiger partial charge in [-0.1, -0.05) is 42.8 Å². The van der Waals surface area contributed by atoms with Crippen molar-refractivity contribution in [3.63, 3.8) is 0 Å². The smallest absolute Gasteiger partial charge is 0.222 e. The number of benzene rings is 2. The van der Waals surface area contributed by atoms with Crippen LogP contribution in [0.25, 0.3) is 0 Å². The number of amides is 1. The number of para-hydroxylation sites is 1. The lowest BCUT2D eigenvalue weighted by Gasteiger charge is -2.45. The second-order valence-corrected chi connectivity index (χ2v) is 11.0. The Balaban J connectivity index is 1.32. The summed E-state index contributed by atoms with van der Waals surface area (Å²) in [5, 5.41) is 0. The van der Waals surface area contributed by atoms with Gasteiger partial charge in [0.1, 0.15) is 18.2 Å². The van der Waals surface area contributed by atoms with Crippen molar-refractivity contribution in [1.29, 1.82) is 0 Å². The zero-order chi connectivity index (χ0) is 24.1. The average Bonchev–Trinajstić information content (AvgIpc) is 3.68. The third kappa shape index (κ3) is 6.43. The second-order valence-electron chi connectivity index (χ2n) is 11.0. The molecule has 0 unspecified atom stereocenters. The van der Waals surface area contributed by atoms with E-state index in [-0.39, 0.29) is 11.2 Å².